The molecule has 0 aromatic heterocycles. The number of hydrogen-bond donors (Lipinski definition) is 0. The Hall–Kier alpha value is -0.860. The van der Waals surface area contributed by atoms with Gasteiger partial charge in [0.1, 0.15) is 6.29 Å². The summed E-state index contributed by atoms with van der Waals surface area (Å²) in [6.07, 6.45) is 2.43. The van der Waals surface area contributed by atoms with Gasteiger partial charge in [0, 0.05) is 5.92 Å². The van der Waals surface area contributed by atoms with E-state index >= 15 is 0 Å². The molecular weight excluding hydrogens is 144 g/mol. The first kappa shape index (κ1) is 8.24. The molecule has 2 atom stereocenters. The summed E-state index contributed by atoms with van der Waals surface area (Å²) < 4.78 is 4.59. The molecule has 0 aromatic carbocycles. The summed E-state index contributed by atoms with van der Waals surface area (Å²) in [7, 11) is 1.35. The average molecular weight is 156 g/mol. The van der Waals surface area contributed by atoms with Crippen LogP contribution in [0.1, 0.15) is 19.8 Å². The SMILES string of the molecule is COC(=O)[C@@]1(C)CC[C@@H]1C=O. The van der Waals surface area contributed by atoms with Gasteiger partial charge in [-0.15, -0.1) is 0 Å². The lowest BCUT2D eigenvalue weighted by Gasteiger charge is -2.40. The first-order valence-electron chi connectivity index (χ1n) is 3.69. The summed E-state index contributed by atoms with van der Waals surface area (Å²) in [5, 5.41) is 0. The summed E-state index contributed by atoms with van der Waals surface area (Å²) in [5.41, 5.74) is -0.531. The van der Waals surface area contributed by atoms with Crippen LogP contribution in [-0.2, 0) is 14.3 Å². The van der Waals surface area contributed by atoms with E-state index in [1.165, 1.54) is 7.11 Å². The second-order valence-electron chi connectivity index (χ2n) is 3.19. The Balaban J connectivity index is 2.67. The van der Waals surface area contributed by atoms with Crippen LogP contribution in [0.2, 0.25) is 0 Å². The predicted molar refractivity (Wildman–Crippen MR) is 38.9 cm³/mol. The second-order valence-corrected chi connectivity index (χ2v) is 3.19. The summed E-state index contributed by atoms with van der Waals surface area (Å²) >= 11 is 0. The van der Waals surface area contributed by atoms with E-state index in [9.17, 15) is 9.59 Å². The van der Waals surface area contributed by atoms with Gasteiger partial charge in [-0.1, -0.05) is 0 Å². The summed E-state index contributed by atoms with van der Waals surface area (Å²) in [4.78, 5) is 21.5. The Kier molecular flexibility index (Phi) is 1.98. The molecule has 3 nitrogen and oxygen atoms in total. The number of esters is 1. The molecule has 0 heterocycles. The predicted octanol–water partition coefficient (Wildman–Crippen LogP) is 0.775. The van der Waals surface area contributed by atoms with Crippen molar-refractivity contribution in [1.29, 1.82) is 0 Å². The van der Waals surface area contributed by atoms with Gasteiger partial charge in [0.2, 0.25) is 0 Å². The zero-order chi connectivity index (χ0) is 8.48. The molecule has 1 fully saturated rings. The number of methoxy groups -OCH3 is 1. The maximum absolute atomic E-state index is 11.1. The highest BCUT2D eigenvalue weighted by Crippen LogP contribution is 2.45. The monoisotopic (exact) mass is 156 g/mol. The van der Waals surface area contributed by atoms with Crippen LogP contribution in [0.15, 0.2) is 0 Å². The fourth-order valence-electron chi connectivity index (χ4n) is 1.45. The van der Waals surface area contributed by atoms with E-state index in [0.717, 1.165) is 19.1 Å². The van der Waals surface area contributed by atoms with Crippen molar-refractivity contribution in [2.45, 2.75) is 19.8 Å². The number of aldehydes is 1. The maximum atomic E-state index is 11.1. The van der Waals surface area contributed by atoms with Crippen molar-refractivity contribution >= 4 is 12.3 Å². The molecule has 0 amide bonds. The van der Waals surface area contributed by atoms with Crippen LogP contribution in [-0.4, -0.2) is 19.4 Å². The molecule has 0 spiro atoms. The van der Waals surface area contributed by atoms with Crippen molar-refractivity contribution in [3.8, 4) is 0 Å². The molecule has 1 aliphatic carbocycles. The molecule has 0 aromatic rings. The van der Waals surface area contributed by atoms with Gasteiger partial charge in [0.25, 0.3) is 0 Å². The Morgan fingerprint density at radius 2 is 2.36 bits per heavy atom. The Morgan fingerprint density at radius 3 is 2.64 bits per heavy atom. The quantitative estimate of drug-likeness (QED) is 0.438. The molecule has 0 bridgehead atoms. The van der Waals surface area contributed by atoms with E-state index < -0.39 is 5.41 Å². The summed E-state index contributed by atoms with van der Waals surface area (Å²) in [6.45, 7) is 1.78. The Bertz CT molecular complexity index is 188. The molecular formula is C8H12O3. The molecule has 1 saturated carbocycles. The Labute approximate surface area is 65.7 Å². The maximum Gasteiger partial charge on any atom is 0.312 e. The minimum absolute atomic E-state index is 0.130. The smallest absolute Gasteiger partial charge is 0.312 e. The lowest BCUT2D eigenvalue weighted by atomic mass is 9.62. The van der Waals surface area contributed by atoms with E-state index in [1.807, 2.05) is 0 Å². The fraction of sp³-hybridized carbons (Fsp3) is 0.750. The highest BCUT2D eigenvalue weighted by atomic mass is 16.5. The molecule has 0 aliphatic heterocycles. The van der Waals surface area contributed by atoms with Crippen molar-refractivity contribution in [2.75, 3.05) is 7.11 Å². The molecule has 0 unspecified atom stereocenters. The lowest BCUT2D eigenvalue weighted by molar-refractivity contribution is -0.164. The number of ether oxygens (including phenoxy) is 1. The van der Waals surface area contributed by atoms with Gasteiger partial charge in [0.05, 0.1) is 12.5 Å². The zero-order valence-electron chi connectivity index (χ0n) is 6.79. The van der Waals surface area contributed by atoms with Crippen molar-refractivity contribution in [3.63, 3.8) is 0 Å². The average Bonchev–Trinajstić information content (AvgIpc) is 2.00. The standard InChI is InChI=1S/C8H12O3/c1-8(7(10)11-2)4-3-6(8)5-9/h5-6H,3-4H2,1-2H3/t6-,8+/m1/s1. The second kappa shape index (κ2) is 2.64. The van der Waals surface area contributed by atoms with Gasteiger partial charge in [0.15, 0.2) is 0 Å². The van der Waals surface area contributed by atoms with Crippen molar-refractivity contribution in [1.82, 2.24) is 0 Å². The van der Waals surface area contributed by atoms with Crippen LogP contribution in [0.25, 0.3) is 0 Å². The third-order valence-electron chi connectivity index (χ3n) is 2.61. The van der Waals surface area contributed by atoms with Crippen LogP contribution in [0.3, 0.4) is 0 Å². The highest BCUT2D eigenvalue weighted by Gasteiger charge is 2.49. The van der Waals surface area contributed by atoms with E-state index in [-0.39, 0.29) is 11.9 Å². The molecule has 62 valence electrons. The summed E-state index contributed by atoms with van der Waals surface area (Å²) in [5.74, 6) is -0.393. The number of carbonyl (C=O) groups excluding carboxylic acids is 2. The molecule has 0 saturated heterocycles. The first-order valence-corrected chi connectivity index (χ1v) is 3.69. The van der Waals surface area contributed by atoms with Gasteiger partial charge in [-0.05, 0) is 19.8 Å². The third kappa shape index (κ3) is 1.04. The largest absolute Gasteiger partial charge is 0.469 e. The van der Waals surface area contributed by atoms with E-state index in [4.69, 9.17) is 0 Å². The van der Waals surface area contributed by atoms with Gasteiger partial charge >= 0.3 is 5.97 Å². The molecule has 11 heavy (non-hydrogen) atoms. The van der Waals surface area contributed by atoms with Crippen molar-refractivity contribution in [3.05, 3.63) is 0 Å². The molecule has 1 rings (SSSR count). The minimum atomic E-state index is -0.531. The Morgan fingerprint density at radius 1 is 1.73 bits per heavy atom. The summed E-state index contributed by atoms with van der Waals surface area (Å²) in [6, 6.07) is 0. The molecule has 3 heteroatoms. The van der Waals surface area contributed by atoms with Crippen LogP contribution in [0.4, 0.5) is 0 Å². The van der Waals surface area contributed by atoms with Gasteiger partial charge in [-0.3, -0.25) is 4.79 Å². The van der Waals surface area contributed by atoms with Crippen LogP contribution in [0, 0.1) is 11.3 Å². The normalized spacial score (nSPS) is 35.6. The fourth-order valence-corrected chi connectivity index (χ4v) is 1.45. The van der Waals surface area contributed by atoms with Crippen LogP contribution in [0.5, 0.6) is 0 Å². The van der Waals surface area contributed by atoms with E-state index in [2.05, 4.69) is 4.74 Å². The van der Waals surface area contributed by atoms with Gasteiger partial charge < -0.3 is 9.53 Å². The number of hydrogen-bond acceptors (Lipinski definition) is 3. The lowest BCUT2D eigenvalue weighted by Crippen LogP contribution is -2.45. The zero-order valence-corrected chi connectivity index (χ0v) is 6.79. The number of carbonyl (C=O) groups is 2. The highest BCUT2D eigenvalue weighted by molar-refractivity contribution is 5.82. The van der Waals surface area contributed by atoms with Crippen molar-refractivity contribution in [2.24, 2.45) is 11.3 Å². The molecule has 0 N–H and O–H groups in total. The minimum Gasteiger partial charge on any atom is -0.469 e. The van der Waals surface area contributed by atoms with Crippen LogP contribution < -0.4 is 0 Å². The van der Waals surface area contributed by atoms with Crippen LogP contribution >= 0.6 is 0 Å². The first-order chi connectivity index (χ1) is 5.15. The van der Waals surface area contributed by atoms with Gasteiger partial charge in [-0.2, -0.15) is 0 Å². The topological polar surface area (TPSA) is 43.4 Å². The molecule has 0 radical (unpaired) electrons. The van der Waals surface area contributed by atoms with E-state index in [1.54, 1.807) is 6.92 Å². The number of rotatable bonds is 2. The van der Waals surface area contributed by atoms with E-state index in [0.29, 0.717) is 0 Å². The van der Waals surface area contributed by atoms with Crippen molar-refractivity contribution < 1.29 is 14.3 Å². The third-order valence-corrected chi connectivity index (χ3v) is 2.61. The van der Waals surface area contributed by atoms with Gasteiger partial charge in [-0.25, -0.2) is 0 Å². The molecule has 1 aliphatic rings.